The van der Waals surface area contributed by atoms with Gasteiger partial charge in [0.1, 0.15) is 54.4 Å². The molecule has 0 aromatic heterocycles. The Balaban J connectivity index is 1.24. The molecule has 2 saturated heterocycles. The molecule has 0 radical (unpaired) electrons. The molecule has 0 aromatic carbocycles. The molecule has 4 aliphatic carbocycles. The van der Waals surface area contributed by atoms with Crippen LogP contribution in [-0.4, -0.2) is 149 Å². The lowest BCUT2D eigenvalue weighted by atomic mass is 9.34. The maximum atomic E-state index is 12.9. The fraction of sp³-hybridized carbons (Fsp3) is 0.952. The lowest BCUT2D eigenvalue weighted by molar-refractivity contribution is -0.379. The van der Waals surface area contributed by atoms with Crippen molar-refractivity contribution in [3.05, 3.63) is 11.6 Å². The molecule has 56 heavy (non-hydrogen) atoms. The van der Waals surface area contributed by atoms with Gasteiger partial charge in [-0.25, -0.2) is 0 Å². The molecule has 14 nitrogen and oxygen atoms in total. The average molecular weight is 801 g/mol. The van der Waals surface area contributed by atoms with Gasteiger partial charge in [-0.2, -0.15) is 0 Å². The first-order chi connectivity index (χ1) is 26.0. The van der Waals surface area contributed by atoms with E-state index in [0.29, 0.717) is 38.5 Å². The van der Waals surface area contributed by atoms with Crippen LogP contribution < -0.4 is 0 Å². The van der Waals surface area contributed by atoms with Crippen LogP contribution in [0.1, 0.15) is 113 Å². The number of aliphatic hydroxyl groups is 10. The third-order valence-corrected chi connectivity index (χ3v) is 16.8. The van der Waals surface area contributed by atoms with Gasteiger partial charge in [-0.15, -0.1) is 0 Å². The summed E-state index contributed by atoms with van der Waals surface area (Å²) in [5.41, 5.74) is -3.22. The third kappa shape index (κ3) is 6.78. The fourth-order valence-corrected chi connectivity index (χ4v) is 13.4. The number of aliphatic hydroxyl groups excluding tert-OH is 8. The molecule has 14 heteroatoms. The van der Waals surface area contributed by atoms with Crippen LogP contribution in [0, 0.1) is 39.4 Å². The van der Waals surface area contributed by atoms with Crippen molar-refractivity contribution in [2.75, 3.05) is 13.2 Å². The van der Waals surface area contributed by atoms with E-state index in [1.54, 1.807) is 0 Å². The quantitative estimate of drug-likeness (QED) is 0.111. The molecule has 0 amide bonds. The van der Waals surface area contributed by atoms with Crippen LogP contribution in [0.3, 0.4) is 0 Å². The Labute approximate surface area is 331 Å². The molecule has 0 aromatic rings. The van der Waals surface area contributed by atoms with Crippen molar-refractivity contribution in [2.45, 2.75) is 198 Å². The molecular weight excluding hydrogens is 728 g/mol. The highest BCUT2D eigenvalue weighted by molar-refractivity contribution is 5.26. The molecule has 2 aliphatic heterocycles. The van der Waals surface area contributed by atoms with Crippen molar-refractivity contribution in [3.63, 3.8) is 0 Å². The zero-order chi connectivity index (χ0) is 41.6. The van der Waals surface area contributed by atoms with Gasteiger partial charge >= 0.3 is 0 Å². The summed E-state index contributed by atoms with van der Waals surface area (Å²) in [7, 11) is 0. The summed E-state index contributed by atoms with van der Waals surface area (Å²) in [5.74, 6) is -0.335. The molecule has 10 N–H and O–H groups in total. The molecule has 6 aliphatic rings. The zero-order valence-corrected chi connectivity index (χ0v) is 34.6. The highest BCUT2D eigenvalue weighted by Gasteiger charge is 2.77. The third-order valence-electron chi connectivity index (χ3n) is 16.8. The van der Waals surface area contributed by atoms with E-state index in [2.05, 4.69) is 40.7 Å². The lowest BCUT2D eigenvalue weighted by Crippen LogP contribution is -2.73. The number of ether oxygens (including phenoxy) is 4. The average Bonchev–Trinajstić information content (AvgIpc) is 3.43. The SMILES string of the molecule is CC(C)=CCCC(C)(O)C1CCC2(C)C3(C)CCC4C(C)(C)C(OC5OC(CO)C(O)C(O)C5OC5OC(CO)C(O)C(O)C5O)CCC4(C)C3CC(O)C12O. The Kier molecular flexibility index (Phi) is 12.4. The van der Waals surface area contributed by atoms with Crippen LogP contribution in [0.4, 0.5) is 0 Å². The summed E-state index contributed by atoms with van der Waals surface area (Å²) in [6, 6.07) is 0. The molecule has 20 atom stereocenters. The molecule has 6 fully saturated rings. The van der Waals surface area contributed by atoms with Gasteiger partial charge in [0.05, 0.1) is 31.0 Å². The minimum absolute atomic E-state index is 0.0487. The van der Waals surface area contributed by atoms with Crippen molar-refractivity contribution in [2.24, 2.45) is 39.4 Å². The van der Waals surface area contributed by atoms with Crippen molar-refractivity contribution < 1.29 is 70.0 Å². The molecule has 20 unspecified atom stereocenters. The molecule has 324 valence electrons. The van der Waals surface area contributed by atoms with Gasteiger partial charge in [0.2, 0.25) is 0 Å². The topological polar surface area (TPSA) is 239 Å². The van der Waals surface area contributed by atoms with Gasteiger partial charge in [0.25, 0.3) is 0 Å². The predicted molar refractivity (Wildman–Crippen MR) is 202 cm³/mol. The normalized spacial score (nSPS) is 52.6. The van der Waals surface area contributed by atoms with Crippen LogP contribution in [0.5, 0.6) is 0 Å². The fourth-order valence-electron chi connectivity index (χ4n) is 13.4. The van der Waals surface area contributed by atoms with Gasteiger partial charge in [-0.05, 0) is 107 Å². The summed E-state index contributed by atoms with van der Waals surface area (Å²) in [5, 5.41) is 110. The van der Waals surface area contributed by atoms with Crippen LogP contribution in [0.2, 0.25) is 0 Å². The highest BCUT2D eigenvalue weighted by Crippen LogP contribution is 2.77. The Hall–Kier alpha value is -0.820. The summed E-state index contributed by atoms with van der Waals surface area (Å²) in [6.07, 6.45) is -8.93. The van der Waals surface area contributed by atoms with Crippen LogP contribution in [0.25, 0.3) is 0 Å². The standard InChI is InChI=1S/C42H72O14/c1-21(2)10-9-14-40(7,51)25-12-17-41(8)39(6)16-11-24-37(3,4)28(13-15-38(24,5)26(39)18-27(45)42(25,41)52)55-36-34(32(49)30(47)23(20-44)54-36)56-35-33(50)31(48)29(46)22(19-43)53-35/h10,22-36,43-52H,9,11-20H2,1-8H3. The minimum atomic E-state index is -1.77. The molecule has 2 heterocycles. The van der Waals surface area contributed by atoms with E-state index in [1.807, 2.05) is 20.8 Å². The second-order valence-electron chi connectivity index (χ2n) is 20.2. The molecular formula is C42H72O14. The Morgan fingerprint density at radius 3 is 1.96 bits per heavy atom. The van der Waals surface area contributed by atoms with E-state index in [1.165, 1.54) is 5.57 Å². The smallest absolute Gasteiger partial charge is 0.187 e. The summed E-state index contributed by atoms with van der Waals surface area (Å²) in [6.45, 7) is 15.6. The van der Waals surface area contributed by atoms with Crippen molar-refractivity contribution in [3.8, 4) is 0 Å². The number of rotatable bonds is 10. The molecule has 0 spiro atoms. The van der Waals surface area contributed by atoms with Gasteiger partial charge in [-0.3, -0.25) is 0 Å². The van der Waals surface area contributed by atoms with E-state index >= 15 is 0 Å². The van der Waals surface area contributed by atoms with Gasteiger partial charge in [0.15, 0.2) is 12.6 Å². The molecule has 4 saturated carbocycles. The van der Waals surface area contributed by atoms with Gasteiger partial charge in [0, 0.05) is 11.3 Å². The summed E-state index contributed by atoms with van der Waals surface area (Å²) < 4.78 is 24.3. The number of fused-ring (bicyclic) bond motifs is 5. The van der Waals surface area contributed by atoms with Crippen LogP contribution in [0.15, 0.2) is 11.6 Å². The van der Waals surface area contributed by atoms with Crippen molar-refractivity contribution in [1.82, 2.24) is 0 Å². The van der Waals surface area contributed by atoms with E-state index in [0.717, 1.165) is 19.3 Å². The van der Waals surface area contributed by atoms with E-state index < -0.39 is 115 Å². The second-order valence-corrected chi connectivity index (χ2v) is 20.2. The molecule has 6 rings (SSSR count). The first kappa shape index (κ1) is 44.7. The minimum Gasteiger partial charge on any atom is -0.394 e. The lowest BCUT2D eigenvalue weighted by Gasteiger charge is -2.72. The Bertz CT molecular complexity index is 1420. The first-order valence-electron chi connectivity index (χ1n) is 21.0. The Morgan fingerprint density at radius 1 is 0.750 bits per heavy atom. The van der Waals surface area contributed by atoms with Gasteiger partial charge < -0.3 is 70.0 Å². The first-order valence-corrected chi connectivity index (χ1v) is 21.0. The van der Waals surface area contributed by atoms with E-state index in [4.69, 9.17) is 18.9 Å². The second kappa shape index (κ2) is 15.6. The van der Waals surface area contributed by atoms with E-state index in [9.17, 15) is 51.1 Å². The number of hydrogen-bond donors (Lipinski definition) is 10. The summed E-state index contributed by atoms with van der Waals surface area (Å²) in [4.78, 5) is 0. The zero-order valence-electron chi connectivity index (χ0n) is 34.6. The number of hydrogen-bond acceptors (Lipinski definition) is 14. The predicted octanol–water partition coefficient (Wildman–Crippen LogP) is 1.26. The maximum absolute atomic E-state index is 12.9. The maximum Gasteiger partial charge on any atom is 0.187 e. The monoisotopic (exact) mass is 800 g/mol. The van der Waals surface area contributed by atoms with Crippen LogP contribution >= 0.6 is 0 Å². The van der Waals surface area contributed by atoms with Gasteiger partial charge in [-0.1, -0.05) is 46.3 Å². The Morgan fingerprint density at radius 2 is 1.36 bits per heavy atom. The molecule has 0 bridgehead atoms. The van der Waals surface area contributed by atoms with E-state index in [-0.39, 0.29) is 22.7 Å². The van der Waals surface area contributed by atoms with Crippen molar-refractivity contribution >= 4 is 0 Å². The van der Waals surface area contributed by atoms with Crippen molar-refractivity contribution in [1.29, 1.82) is 0 Å². The number of allylic oxidation sites excluding steroid dienone is 2. The highest BCUT2D eigenvalue weighted by atomic mass is 16.8. The largest absolute Gasteiger partial charge is 0.394 e. The summed E-state index contributed by atoms with van der Waals surface area (Å²) >= 11 is 0. The van der Waals surface area contributed by atoms with Crippen LogP contribution in [-0.2, 0) is 18.9 Å².